The van der Waals surface area contributed by atoms with Gasteiger partial charge in [0.05, 0.1) is 6.61 Å². The molecule has 1 unspecified atom stereocenters. The molecule has 1 amide bonds. The van der Waals surface area contributed by atoms with Gasteiger partial charge in [-0.1, -0.05) is 13.0 Å². The third-order valence-corrected chi connectivity index (χ3v) is 2.82. The third kappa shape index (κ3) is 4.44. The Balaban J connectivity index is 2.75. The zero-order valence-corrected chi connectivity index (χ0v) is 11.5. The molecular weight excluding hydrogens is 244 g/mol. The first-order valence-corrected chi connectivity index (χ1v) is 6.50. The number of carbonyl (C=O) groups excluding carboxylic acids is 1. The van der Waals surface area contributed by atoms with Crippen molar-refractivity contribution in [3.8, 4) is 5.75 Å². The Hall–Kier alpha value is -1.75. The summed E-state index contributed by atoms with van der Waals surface area (Å²) in [6.07, 6.45) is 0.656. The van der Waals surface area contributed by atoms with Gasteiger partial charge in [0.15, 0.2) is 0 Å². The molecule has 0 aliphatic carbocycles. The molecule has 0 aliphatic rings. The van der Waals surface area contributed by atoms with Crippen molar-refractivity contribution >= 4 is 11.6 Å². The number of hydrogen-bond acceptors (Lipinski definition) is 4. The van der Waals surface area contributed by atoms with Crippen LogP contribution in [0.25, 0.3) is 0 Å². The van der Waals surface area contributed by atoms with Crippen molar-refractivity contribution in [2.24, 2.45) is 5.92 Å². The van der Waals surface area contributed by atoms with E-state index in [2.05, 4.69) is 5.32 Å². The fraction of sp³-hybridized carbons (Fsp3) is 0.500. The van der Waals surface area contributed by atoms with E-state index in [0.717, 1.165) is 0 Å². The molecule has 0 fully saturated rings. The molecule has 0 saturated carbocycles. The van der Waals surface area contributed by atoms with Gasteiger partial charge in [-0.2, -0.15) is 0 Å². The predicted molar refractivity (Wildman–Crippen MR) is 75.2 cm³/mol. The highest BCUT2D eigenvalue weighted by molar-refractivity contribution is 6.01. The Labute approximate surface area is 113 Å². The van der Waals surface area contributed by atoms with Crippen LogP contribution < -0.4 is 15.8 Å². The minimum atomic E-state index is -0.244. The van der Waals surface area contributed by atoms with Crippen LogP contribution in [-0.4, -0.2) is 30.8 Å². The van der Waals surface area contributed by atoms with E-state index in [4.69, 9.17) is 15.6 Å². The van der Waals surface area contributed by atoms with Crippen LogP contribution in [0, 0.1) is 5.92 Å². The van der Waals surface area contributed by atoms with Gasteiger partial charge in [-0.3, -0.25) is 4.79 Å². The number of aliphatic hydroxyl groups is 1. The molecule has 0 spiro atoms. The molecule has 0 aliphatic heterocycles. The number of rotatable bonds is 7. The normalized spacial score (nSPS) is 11.9. The first kappa shape index (κ1) is 15.3. The Morgan fingerprint density at radius 3 is 2.89 bits per heavy atom. The highest BCUT2D eigenvalue weighted by atomic mass is 16.5. The molecular formula is C14H22N2O3. The molecule has 0 saturated heterocycles. The molecule has 1 rings (SSSR count). The standard InChI is InChI=1S/C14H22N2O3/c1-3-19-12-6-4-5-11(15)13(12)14(18)16-9-10(2)7-8-17/h4-6,10,17H,3,7-9,15H2,1-2H3,(H,16,18). The summed E-state index contributed by atoms with van der Waals surface area (Å²) in [7, 11) is 0. The molecule has 1 atom stereocenters. The lowest BCUT2D eigenvalue weighted by Gasteiger charge is -2.15. The number of nitrogens with two attached hydrogens (primary N) is 1. The average molecular weight is 266 g/mol. The van der Waals surface area contributed by atoms with Gasteiger partial charge in [0.25, 0.3) is 5.91 Å². The third-order valence-electron chi connectivity index (χ3n) is 2.82. The Bertz CT molecular complexity index is 421. The van der Waals surface area contributed by atoms with Gasteiger partial charge in [-0.25, -0.2) is 0 Å². The topological polar surface area (TPSA) is 84.6 Å². The summed E-state index contributed by atoms with van der Waals surface area (Å²) in [5, 5.41) is 11.6. The van der Waals surface area contributed by atoms with Crippen molar-refractivity contribution in [1.29, 1.82) is 0 Å². The van der Waals surface area contributed by atoms with Gasteiger partial charge in [0.1, 0.15) is 11.3 Å². The molecule has 0 heterocycles. The second-order valence-electron chi connectivity index (χ2n) is 4.48. The molecule has 1 aromatic carbocycles. The van der Waals surface area contributed by atoms with Gasteiger partial charge in [-0.05, 0) is 31.4 Å². The van der Waals surface area contributed by atoms with E-state index >= 15 is 0 Å². The van der Waals surface area contributed by atoms with Crippen molar-refractivity contribution in [1.82, 2.24) is 5.32 Å². The number of benzene rings is 1. The molecule has 5 heteroatoms. The van der Waals surface area contributed by atoms with Crippen LogP contribution in [0.1, 0.15) is 30.6 Å². The highest BCUT2D eigenvalue weighted by Gasteiger charge is 2.16. The number of nitrogens with one attached hydrogen (secondary N) is 1. The summed E-state index contributed by atoms with van der Waals surface area (Å²) in [6, 6.07) is 5.16. The summed E-state index contributed by atoms with van der Waals surface area (Å²) in [4.78, 5) is 12.1. The van der Waals surface area contributed by atoms with Crippen LogP contribution in [0.4, 0.5) is 5.69 Å². The number of nitrogen functional groups attached to an aromatic ring is 1. The lowest BCUT2D eigenvalue weighted by Crippen LogP contribution is -2.29. The van der Waals surface area contributed by atoms with Crippen LogP contribution in [0.2, 0.25) is 0 Å². The van der Waals surface area contributed by atoms with Gasteiger partial charge < -0.3 is 20.9 Å². The number of carbonyl (C=O) groups is 1. The lowest BCUT2D eigenvalue weighted by molar-refractivity contribution is 0.0942. The predicted octanol–water partition coefficient (Wildman–Crippen LogP) is 1.42. The summed E-state index contributed by atoms with van der Waals surface area (Å²) in [6.45, 7) is 4.92. The average Bonchev–Trinajstić information content (AvgIpc) is 2.37. The van der Waals surface area contributed by atoms with Crippen LogP contribution in [-0.2, 0) is 0 Å². The number of ether oxygens (including phenoxy) is 1. The molecule has 106 valence electrons. The quantitative estimate of drug-likeness (QED) is 0.652. The van der Waals surface area contributed by atoms with E-state index in [0.29, 0.717) is 36.6 Å². The minimum absolute atomic E-state index is 0.120. The zero-order chi connectivity index (χ0) is 14.3. The molecule has 0 aromatic heterocycles. The van der Waals surface area contributed by atoms with Crippen LogP contribution in [0.15, 0.2) is 18.2 Å². The Kier molecular flexibility index (Phi) is 6.15. The van der Waals surface area contributed by atoms with E-state index in [1.807, 2.05) is 13.8 Å². The molecule has 19 heavy (non-hydrogen) atoms. The first-order valence-electron chi connectivity index (χ1n) is 6.50. The van der Waals surface area contributed by atoms with Gasteiger partial charge in [0.2, 0.25) is 0 Å². The van der Waals surface area contributed by atoms with Crippen molar-refractivity contribution in [3.05, 3.63) is 23.8 Å². The molecule has 4 N–H and O–H groups in total. The summed E-state index contributed by atoms with van der Waals surface area (Å²) in [5.74, 6) is 0.468. The van der Waals surface area contributed by atoms with E-state index in [-0.39, 0.29) is 18.4 Å². The summed E-state index contributed by atoms with van der Waals surface area (Å²) >= 11 is 0. The number of amides is 1. The van der Waals surface area contributed by atoms with Crippen LogP contribution in [0.5, 0.6) is 5.75 Å². The van der Waals surface area contributed by atoms with Gasteiger partial charge in [-0.15, -0.1) is 0 Å². The van der Waals surface area contributed by atoms with E-state index in [1.54, 1.807) is 18.2 Å². The second kappa shape index (κ2) is 7.63. The second-order valence-corrected chi connectivity index (χ2v) is 4.48. The zero-order valence-electron chi connectivity index (χ0n) is 11.5. The fourth-order valence-electron chi connectivity index (χ4n) is 1.74. The van der Waals surface area contributed by atoms with Gasteiger partial charge >= 0.3 is 0 Å². The summed E-state index contributed by atoms with van der Waals surface area (Å²) < 4.78 is 5.41. The lowest BCUT2D eigenvalue weighted by atomic mass is 10.1. The van der Waals surface area contributed by atoms with Crippen molar-refractivity contribution in [2.75, 3.05) is 25.5 Å². The first-order chi connectivity index (χ1) is 9.10. The molecule has 5 nitrogen and oxygen atoms in total. The van der Waals surface area contributed by atoms with Crippen LogP contribution in [0.3, 0.4) is 0 Å². The highest BCUT2D eigenvalue weighted by Crippen LogP contribution is 2.24. The largest absolute Gasteiger partial charge is 0.493 e. The van der Waals surface area contributed by atoms with E-state index in [1.165, 1.54) is 0 Å². The SMILES string of the molecule is CCOc1cccc(N)c1C(=O)NCC(C)CCO. The van der Waals surface area contributed by atoms with Crippen LogP contribution >= 0.6 is 0 Å². The Morgan fingerprint density at radius 1 is 1.53 bits per heavy atom. The van der Waals surface area contributed by atoms with E-state index < -0.39 is 0 Å². The van der Waals surface area contributed by atoms with Crippen molar-refractivity contribution in [3.63, 3.8) is 0 Å². The minimum Gasteiger partial charge on any atom is -0.493 e. The maximum absolute atomic E-state index is 12.1. The maximum atomic E-state index is 12.1. The smallest absolute Gasteiger partial charge is 0.257 e. The molecule has 0 bridgehead atoms. The van der Waals surface area contributed by atoms with E-state index in [9.17, 15) is 4.79 Å². The fourth-order valence-corrected chi connectivity index (χ4v) is 1.74. The number of anilines is 1. The Morgan fingerprint density at radius 2 is 2.26 bits per heavy atom. The summed E-state index contributed by atoms with van der Waals surface area (Å²) in [5.41, 5.74) is 6.61. The number of aliphatic hydroxyl groups excluding tert-OH is 1. The monoisotopic (exact) mass is 266 g/mol. The van der Waals surface area contributed by atoms with Crippen molar-refractivity contribution < 1.29 is 14.6 Å². The number of hydrogen-bond donors (Lipinski definition) is 3. The molecule has 1 aromatic rings. The maximum Gasteiger partial charge on any atom is 0.257 e. The van der Waals surface area contributed by atoms with Crippen molar-refractivity contribution in [2.45, 2.75) is 20.3 Å². The molecule has 0 radical (unpaired) electrons. The van der Waals surface area contributed by atoms with Gasteiger partial charge in [0, 0.05) is 18.8 Å².